The Kier molecular flexibility index (Phi) is 5.08. The summed E-state index contributed by atoms with van der Waals surface area (Å²) in [4.78, 5) is 38.4. The number of nitrogens with zero attached hydrogens (tertiary/aromatic N) is 2. The van der Waals surface area contributed by atoms with Gasteiger partial charge in [0.25, 0.3) is 11.1 Å². The van der Waals surface area contributed by atoms with Crippen molar-refractivity contribution in [1.29, 1.82) is 0 Å². The molecule has 2 heterocycles. The van der Waals surface area contributed by atoms with Crippen molar-refractivity contribution < 1.29 is 23.5 Å². The van der Waals surface area contributed by atoms with Crippen molar-refractivity contribution in [1.82, 2.24) is 4.90 Å². The Morgan fingerprint density at radius 1 is 1.32 bits per heavy atom. The SMILES string of the molecule is COC(=O)CN1C(=O)S/C(=C/c2ccc(N3CCCC3)c(F)c2)C1=O. The van der Waals surface area contributed by atoms with Crippen molar-refractivity contribution >= 4 is 40.6 Å². The summed E-state index contributed by atoms with van der Waals surface area (Å²) in [6.07, 6.45) is 3.56. The van der Waals surface area contributed by atoms with Crippen molar-refractivity contribution in [2.75, 3.05) is 31.6 Å². The molecule has 2 aliphatic rings. The predicted molar refractivity (Wildman–Crippen MR) is 92.5 cm³/mol. The number of hydrogen-bond donors (Lipinski definition) is 0. The lowest BCUT2D eigenvalue weighted by molar-refractivity contribution is -0.143. The van der Waals surface area contributed by atoms with Crippen LogP contribution in [0, 0.1) is 5.82 Å². The van der Waals surface area contributed by atoms with Crippen molar-refractivity contribution in [2.45, 2.75) is 12.8 Å². The number of thioether (sulfide) groups is 1. The van der Waals surface area contributed by atoms with Gasteiger partial charge in [0.05, 0.1) is 17.7 Å². The van der Waals surface area contributed by atoms with Gasteiger partial charge in [-0.2, -0.15) is 0 Å². The van der Waals surface area contributed by atoms with Gasteiger partial charge in [-0.1, -0.05) is 6.07 Å². The minimum absolute atomic E-state index is 0.155. The van der Waals surface area contributed by atoms with E-state index in [1.54, 1.807) is 12.1 Å². The molecule has 2 amide bonds. The molecule has 3 rings (SSSR count). The van der Waals surface area contributed by atoms with E-state index in [4.69, 9.17) is 0 Å². The van der Waals surface area contributed by atoms with Gasteiger partial charge in [-0.25, -0.2) is 4.39 Å². The van der Waals surface area contributed by atoms with Gasteiger partial charge >= 0.3 is 5.97 Å². The van der Waals surface area contributed by atoms with Crippen molar-refractivity contribution in [3.8, 4) is 0 Å². The molecule has 0 N–H and O–H groups in total. The van der Waals surface area contributed by atoms with Crippen molar-refractivity contribution in [3.63, 3.8) is 0 Å². The molecule has 0 aliphatic carbocycles. The number of amides is 2. The minimum Gasteiger partial charge on any atom is -0.468 e. The van der Waals surface area contributed by atoms with E-state index >= 15 is 0 Å². The standard InChI is InChI=1S/C17H17FN2O4S/c1-24-15(21)10-20-16(22)14(25-17(20)23)9-11-4-5-13(12(18)8-11)19-6-2-3-7-19/h4-5,8-9H,2-3,6-7,10H2,1H3/b14-9+. The Morgan fingerprint density at radius 3 is 2.68 bits per heavy atom. The van der Waals surface area contributed by atoms with Crippen LogP contribution in [0.15, 0.2) is 23.1 Å². The predicted octanol–water partition coefficient (Wildman–Crippen LogP) is 2.64. The Hall–Kier alpha value is -2.35. The van der Waals surface area contributed by atoms with Crippen LogP contribution in [0.2, 0.25) is 0 Å². The smallest absolute Gasteiger partial charge is 0.325 e. The first-order chi connectivity index (χ1) is 12.0. The Labute approximate surface area is 148 Å². The molecule has 0 radical (unpaired) electrons. The van der Waals surface area contributed by atoms with Crippen LogP contribution in [0.25, 0.3) is 6.08 Å². The van der Waals surface area contributed by atoms with Gasteiger partial charge in [0.1, 0.15) is 12.4 Å². The third-order valence-corrected chi connectivity index (χ3v) is 5.01. The second-order valence-electron chi connectivity index (χ2n) is 5.75. The molecule has 1 aromatic rings. The monoisotopic (exact) mass is 364 g/mol. The fourth-order valence-corrected chi connectivity index (χ4v) is 3.65. The molecule has 0 saturated carbocycles. The fourth-order valence-electron chi connectivity index (χ4n) is 2.81. The average Bonchev–Trinajstić information content (AvgIpc) is 3.20. The number of imide groups is 1. The summed E-state index contributed by atoms with van der Waals surface area (Å²) in [7, 11) is 1.18. The summed E-state index contributed by atoms with van der Waals surface area (Å²) in [5, 5.41) is -0.546. The van der Waals surface area contributed by atoms with Gasteiger partial charge < -0.3 is 9.64 Å². The van der Waals surface area contributed by atoms with E-state index in [1.165, 1.54) is 19.3 Å². The van der Waals surface area contributed by atoms with E-state index in [9.17, 15) is 18.8 Å². The average molecular weight is 364 g/mol. The summed E-state index contributed by atoms with van der Waals surface area (Å²) in [5.41, 5.74) is 1.04. The highest BCUT2D eigenvalue weighted by atomic mass is 32.2. The Morgan fingerprint density at radius 2 is 2.04 bits per heavy atom. The van der Waals surface area contributed by atoms with Gasteiger partial charge in [-0.15, -0.1) is 0 Å². The molecule has 0 bridgehead atoms. The molecule has 1 aromatic carbocycles. The molecule has 8 heteroatoms. The number of benzene rings is 1. The van der Waals surface area contributed by atoms with Crippen LogP contribution in [-0.2, 0) is 14.3 Å². The van der Waals surface area contributed by atoms with Crippen molar-refractivity contribution in [2.24, 2.45) is 0 Å². The highest BCUT2D eigenvalue weighted by Crippen LogP contribution is 2.33. The van der Waals surface area contributed by atoms with E-state index in [1.807, 2.05) is 4.90 Å². The summed E-state index contributed by atoms with van der Waals surface area (Å²) in [5.74, 6) is -1.61. The molecule has 0 unspecified atom stereocenters. The second-order valence-corrected chi connectivity index (χ2v) is 6.74. The van der Waals surface area contributed by atoms with Gasteiger partial charge in [-0.3, -0.25) is 19.3 Å². The first-order valence-electron chi connectivity index (χ1n) is 7.86. The first-order valence-corrected chi connectivity index (χ1v) is 8.68. The van der Waals surface area contributed by atoms with E-state index < -0.39 is 23.7 Å². The summed E-state index contributed by atoms with van der Waals surface area (Å²) < 4.78 is 18.8. The van der Waals surface area contributed by atoms with Gasteiger partial charge in [-0.05, 0) is 48.4 Å². The Balaban J connectivity index is 1.78. The number of carbonyl (C=O) groups excluding carboxylic acids is 3. The molecular formula is C17H17FN2O4S. The number of methoxy groups -OCH3 is 1. The zero-order valence-electron chi connectivity index (χ0n) is 13.7. The Bertz CT molecular complexity index is 759. The summed E-state index contributed by atoms with van der Waals surface area (Å²) >= 11 is 0.722. The molecule has 2 saturated heterocycles. The number of ether oxygens (including phenoxy) is 1. The number of esters is 1. The largest absolute Gasteiger partial charge is 0.468 e. The highest BCUT2D eigenvalue weighted by Gasteiger charge is 2.36. The zero-order valence-corrected chi connectivity index (χ0v) is 14.5. The summed E-state index contributed by atoms with van der Waals surface area (Å²) in [6, 6.07) is 4.75. The molecule has 2 fully saturated rings. The maximum atomic E-state index is 14.3. The minimum atomic E-state index is -0.676. The van der Waals surface area contributed by atoms with Crippen LogP contribution in [-0.4, -0.2) is 48.8 Å². The molecule has 6 nitrogen and oxygen atoms in total. The lowest BCUT2D eigenvalue weighted by Gasteiger charge is -2.18. The lowest BCUT2D eigenvalue weighted by atomic mass is 10.1. The van der Waals surface area contributed by atoms with Crippen molar-refractivity contribution in [3.05, 3.63) is 34.5 Å². The number of halogens is 1. The van der Waals surface area contributed by atoms with E-state index in [2.05, 4.69) is 4.74 Å². The molecular weight excluding hydrogens is 347 g/mol. The van der Waals surface area contributed by atoms with Gasteiger partial charge in [0.2, 0.25) is 0 Å². The summed E-state index contributed by atoms with van der Waals surface area (Å²) in [6.45, 7) is 1.24. The molecule has 25 heavy (non-hydrogen) atoms. The number of rotatable bonds is 4. The molecule has 132 valence electrons. The maximum Gasteiger partial charge on any atom is 0.325 e. The zero-order chi connectivity index (χ0) is 18.0. The number of anilines is 1. The van der Waals surface area contributed by atoms with E-state index in [0.29, 0.717) is 11.3 Å². The third-order valence-electron chi connectivity index (χ3n) is 4.10. The molecule has 0 aromatic heterocycles. The van der Waals surface area contributed by atoms with Gasteiger partial charge in [0, 0.05) is 13.1 Å². The van der Waals surface area contributed by atoms with Crippen LogP contribution >= 0.6 is 11.8 Å². The van der Waals surface area contributed by atoms with E-state index in [0.717, 1.165) is 42.6 Å². The molecule has 0 atom stereocenters. The quantitative estimate of drug-likeness (QED) is 0.604. The molecule has 2 aliphatic heterocycles. The van der Waals surface area contributed by atoms with E-state index in [-0.39, 0.29) is 10.7 Å². The first kappa shape index (κ1) is 17.5. The number of carbonyl (C=O) groups is 3. The van der Waals surface area contributed by atoms with Crippen LogP contribution in [0.5, 0.6) is 0 Å². The van der Waals surface area contributed by atoms with Crippen LogP contribution in [0.3, 0.4) is 0 Å². The number of hydrogen-bond acceptors (Lipinski definition) is 6. The normalized spacial score (nSPS) is 19.2. The fraction of sp³-hybridized carbons (Fsp3) is 0.353. The topological polar surface area (TPSA) is 66.9 Å². The molecule has 0 spiro atoms. The maximum absolute atomic E-state index is 14.3. The van der Waals surface area contributed by atoms with Crippen LogP contribution in [0.4, 0.5) is 14.9 Å². The van der Waals surface area contributed by atoms with Crippen LogP contribution < -0.4 is 4.90 Å². The lowest BCUT2D eigenvalue weighted by Crippen LogP contribution is -2.34. The highest BCUT2D eigenvalue weighted by molar-refractivity contribution is 8.18. The second kappa shape index (κ2) is 7.26. The third kappa shape index (κ3) is 3.68. The van der Waals surface area contributed by atoms with Gasteiger partial charge in [0.15, 0.2) is 0 Å². The van der Waals surface area contributed by atoms with Crippen LogP contribution in [0.1, 0.15) is 18.4 Å².